The van der Waals surface area contributed by atoms with Crippen molar-refractivity contribution in [3.05, 3.63) is 35.9 Å². The van der Waals surface area contributed by atoms with E-state index >= 15 is 0 Å². The van der Waals surface area contributed by atoms with Crippen LogP contribution in [-0.4, -0.2) is 29.4 Å². The minimum absolute atomic E-state index is 0.145. The second-order valence-corrected chi connectivity index (χ2v) is 4.85. The molecule has 2 saturated heterocycles. The van der Waals surface area contributed by atoms with Crippen LogP contribution in [0.1, 0.15) is 10.9 Å². The molecule has 1 aromatic carbocycles. The van der Waals surface area contributed by atoms with Crippen molar-refractivity contribution in [2.45, 2.75) is 11.4 Å². The molecule has 15 heavy (non-hydrogen) atoms. The summed E-state index contributed by atoms with van der Waals surface area (Å²) < 4.78 is 5.05. The van der Waals surface area contributed by atoms with Crippen LogP contribution in [0.4, 0.5) is 4.79 Å². The summed E-state index contributed by atoms with van der Waals surface area (Å²) in [4.78, 5) is 13.4. The Bertz CT molecular complexity index is 381. The Morgan fingerprint density at radius 1 is 1.33 bits per heavy atom. The summed E-state index contributed by atoms with van der Waals surface area (Å²) in [5, 5.41) is 0.145. The maximum absolute atomic E-state index is 11.5. The van der Waals surface area contributed by atoms with Gasteiger partial charge in [0.25, 0.3) is 0 Å². The van der Waals surface area contributed by atoms with Gasteiger partial charge < -0.3 is 4.74 Å². The van der Waals surface area contributed by atoms with Crippen LogP contribution in [0.3, 0.4) is 0 Å². The third kappa shape index (κ3) is 1.40. The number of thioether (sulfide) groups is 1. The molecule has 0 spiro atoms. The number of hydrogen-bond acceptors (Lipinski definition) is 3. The summed E-state index contributed by atoms with van der Waals surface area (Å²) in [5.41, 5.74) is 1.18. The zero-order valence-corrected chi connectivity index (χ0v) is 8.94. The standard InChI is InChI=1S/C11H11NO2S/c13-11-12-9(6-14-11)7-15-10(12)8-4-2-1-3-5-8/h1-5,9-10H,6-7H2/t9-,10+/m1/s1. The van der Waals surface area contributed by atoms with E-state index in [-0.39, 0.29) is 17.5 Å². The minimum atomic E-state index is -0.168. The predicted molar refractivity (Wildman–Crippen MR) is 58.6 cm³/mol. The van der Waals surface area contributed by atoms with Gasteiger partial charge in [0.05, 0.1) is 6.04 Å². The van der Waals surface area contributed by atoms with Crippen molar-refractivity contribution in [1.82, 2.24) is 4.90 Å². The highest BCUT2D eigenvalue weighted by atomic mass is 32.2. The molecular weight excluding hydrogens is 210 g/mol. The Hall–Kier alpha value is -1.16. The lowest BCUT2D eigenvalue weighted by molar-refractivity contribution is 0.156. The van der Waals surface area contributed by atoms with Crippen LogP contribution in [0.25, 0.3) is 0 Å². The zero-order valence-electron chi connectivity index (χ0n) is 8.13. The van der Waals surface area contributed by atoms with E-state index in [1.54, 1.807) is 0 Å². The van der Waals surface area contributed by atoms with E-state index in [1.165, 1.54) is 5.56 Å². The first-order valence-electron chi connectivity index (χ1n) is 4.98. The quantitative estimate of drug-likeness (QED) is 0.728. The van der Waals surface area contributed by atoms with Crippen molar-refractivity contribution in [1.29, 1.82) is 0 Å². The number of carbonyl (C=O) groups is 1. The van der Waals surface area contributed by atoms with Crippen LogP contribution in [0.2, 0.25) is 0 Å². The van der Waals surface area contributed by atoms with Gasteiger partial charge in [-0.15, -0.1) is 11.8 Å². The van der Waals surface area contributed by atoms with Crippen molar-refractivity contribution < 1.29 is 9.53 Å². The molecule has 2 atom stereocenters. The Kier molecular flexibility index (Phi) is 2.09. The highest BCUT2D eigenvalue weighted by Gasteiger charge is 2.44. The van der Waals surface area contributed by atoms with E-state index in [2.05, 4.69) is 12.1 Å². The average molecular weight is 221 g/mol. The van der Waals surface area contributed by atoms with Gasteiger partial charge in [-0.25, -0.2) is 4.79 Å². The summed E-state index contributed by atoms with van der Waals surface area (Å²) >= 11 is 1.82. The monoisotopic (exact) mass is 221 g/mol. The molecule has 0 unspecified atom stereocenters. The van der Waals surface area contributed by atoms with Crippen LogP contribution in [0.15, 0.2) is 30.3 Å². The van der Waals surface area contributed by atoms with Crippen molar-refractivity contribution in [2.75, 3.05) is 12.4 Å². The number of rotatable bonds is 1. The van der Waals surface area contributed by atoms with Crippen LogP contribution >= 0.6 is 11.8 Å². The molecule has 2 aliphatic heterocycles. The molecule has 2 heterocycles. The average Bonchev–Trinajstić information content (AvgIpc) is 2.84. The fraction of sp³-hybridized carbons (Fsp3) is 0.364. The fourth-order valence-corrected chi connectivity index (χ4v) is 3.47. The molecule has 2 fully saturated rings. The summed E-state index contributed by atoms with van der Waals surface area (Å²) in [5.74, 6) is 0.977. The van der Waals surface area contributed by atoms with Gasteiger partial charge in [0.15, 0.2) is 0 Å². The van der Waals surface area contributed by atoms with Gasteiger partial charge in [-0.3, -0.25) is 4.90 Å². The zero-order chi connectivity index (χ0) is 10.3. The number of nitrogens with zero attached hydrogens (tertiary/aromatic N) is 1. The molecule has 0 bridgehead atoms. The number of carbonyl (C=O) groups excluding carboxylic acids is 1. The molecule has 0 radical (unpaired) electrons. The van der Waals surface area contributed by atoms with Crippen molar-refractivity contribution in [2.24, 2.45) is 0 Å². The second-order valence-electron chi connectivity index (χ2n) is 3.73. The van der Waals surface area contributed by atoms with E-state index in [0.717, 1.165) is 5.75 Å². The lowest BCUT2D eigenvalue weighted by atomic mass is 10.2. The Morgan fingerprint density at radius 2 is 2.13 bits per heavy atom. The first kappa shape index (κ1) is 9.09. The van der Waals surface area contributed by atoms with Crippen LogP contribution < -0.4 is 0 Å². The Labute approximate surface area is 92.4 Å². The first-order chi connectivity index (χ1) is 7.36. The Morgan fingerprint density at radius 3 is 2.93 bits per heavy atom. The second kappa shape index (κ2) is 3.45. The van der Waals surface area contributed by atoms with E-state index in [4.69, 9.17) is 4.74 Å². The third-order valence-corrected chi connectivity index (χ3v) is 4.18. The molecule has 3 rings (SSSR count). The molecule has 0 aliphatic carbocycles. The largest absolute Gasteiger partial charge is 0.447 e. The van der Waals surface area contributed by atoms with Gasteiger partial charge in [0, 0.05) is 5.75 Å². The van der Waals surface area contributed by atoms with Crippen molar-refractivity contribution in [3.8, 4) is 0 Å². The van der Waals surface area contributed by atoms with E-state index < -0.39 is 0 Å². The summed E-state index contributed by atoms with van der Waals surface area (Å²) in [7, 11) is 0. The lowest BCUT2D eigenvalue weighted by Crippen LogP contribution is -2.30. The lowest BCUT2D eigenvalue weighted by Gasteiger charge is -2.20. The summed E-state index contributed by atoms with van der Waals surface area (Å²) in [6, 6.07) is 10.4. The predicted octanol–water partition coefficient (Wildman–Crippen LogP) is 2.25. The first-order valence-corrected chi connectivity index (χ1v) is 6.03. The maximum atomic E-state index is 11.5. The van der Waals surface area contributed by atoms with Gasteiger partial charge in [-0.05, 0) is 5.56 Å². The summed E-state index contributed by atoms with van der Waals surface area (Å²) in [6.07, 6.45) is -0.168. The molecule has 4 heteroatoms. The SMILES string of the molecule is O=C1OC[C@@H]2CS[C@@H](c3ccccc3)N12. The van der Waals surface area contributed by atoms with Gasteiger partial charge in [0.1, 0.15) is 12.0 Å². The smallest absolute Gasteiger partial charge is 0.411 e. The third-order valence-electron chi connectivity index (χ3n) is 2.79. The number of ether oxygens (including phenoxy) is 1. The number of cyclic esters (lactones) is 1. The van der Waals surface area contributed by atoms with E-state index in [0.29, 0.717) is 6.61 Å². The molecule has 1 amide bonds. The van der Waals surface area contributed by atoms with Gasteiger partial charge >= 0.3 is 6.09 Å². The number of fused-ring (bicyclic) bond motifs is 1. The van der Waals surface area contributed by atoms with Crippen molar-refractivity contribution in [3.63, 3.8) is 0 Å². The Balaban J connectivity index is 1.92. The molecule has 0 saturated carbocycles. The van der Waals surface area contributed by atoms with Crippen molar-refractivity contribution >= 4 is 17.9 Å². The molecular formula is C11H11NO2S. The topological polar surface area (TPSA) is 29.5 Å². The molecule has 2 aliphatic rings. The molecule has 0 N–H and O–H groups in total. The van der Waals surface area contributed by atoms with Crippen LogP contribution in [-0.2, 0) is 4.74 Å². The number of amides is 1. The number of hydrogen-bond donors (Lipinski definition) is 0. The van der Waals surface area contributed by atoms with Gasteiger partial charge in [0.2, 0.25) is 0 Å². The van der Waals surface area contributed by atoms with E-state index in [9.17, 15) is 4.79 Å². The highest BCUT2D eigenvalue weighted by molar-refractivity contribution is 7.99. The summed E-state index contributed by atoms with van der Waals surface area (Å²) in [6.45, 7) is 0.551. The molecule has 1 aromatic rings. The fourth-order valence-electron chi connectivity index (χ4n) is 2.04. The normalized spacial score (nSPS) is 29.1. The number of benzene rings is 1. The van der Waals surface area contributed by atoms with Crippen LogP contribution in [0, 0.1) is 0 Å². The van der Waals surface area contributed by atoms with E-state index in [1.807, 2.05) is 34.9 Å². The minimum Gasteiger partial charge on any atom is -0.447 e. The molecule has 78 valence electrons. The van der Waals surface area contributed by atoms with Gasteiger partial charge in [-0.2, -0.15) is 0 Å². The van der Waals surface area contributed by atoms with Gasteiger partial charge in [-0.1, -0.05) is 30.3 Å². The maximum Gasteiger partial charge on any atom is 0.411 e. The molecule has 0 aromatic heterocycles. The molecule has 3 nitrogen and oxygen atoms in total. The highest BCUT2D eigenvalue weighted by Crippen LogP contribution is 2.43. The van der Waals surface area contributed by atoms with Crippen LogP contribution in [0.5, 0.6) is 0 Å².